The van der Waals surface area contributed by atoms with E-state index in [1.54, 1.807) is 25.2 Å². The van der Waals surface area contributed by atoms with Crippen LogP contribution >= 0.6 is 0 Å². The number of aryl methyl sites for hydroxylation is 1. The molecule has 92 valence electrons. The van der Waals surface area contributed by atoms with Gasteiger partial charge in [0.05, 0.1) is 11.3 Å². The SMILES string of the molecule is CNc1nc(C)cc(-c2cccc(C(=O)O)c2)n1. The number of carbonyl (C=O) groups is 1. The van der Waals surface area contributed by atoms with Crippen LogP contribution in [0.2, 0.25) is 0 Å². The molecule has 0 aliphatic heterocycles. The Labute approximate surface area is 105 Å². The molecular formula is C13H13N3O2. The van der Waals surface area contributed by atoms with E-state index in [1.807, 2.05) is 19.1 Å². The van der Waals surface area contributed by atoms with Gasteiger partial charge in [0, 0.05) is 18.3 Å². The number of rotatable bonds is 3. The highest BCUT2D eigenvalue weighted by atomic mass is 16.4. The highest BCUT2D eigenvalue weighted by molar-refractivity contribution is 5.89. The van der Waals surface area contributed by atoms with Gasteiger partial charge in [-0.1, -0.05) is 12.1 Å². The summed E-state index contributed by atoms with van der Waals surface area (Å²) in [4.78, 5) is 19.4. The molecule has 1 heterocycles. The van der Waals surface area contributed by atoms with Crippen molar-refractivity contribution in [3.63, 3.8) is 0 Å². The number of carboxylic acid groups (broad SMARTS) is 1. The van der Waals surface area contributed by atoms with Crippen molar-refractivity contribution < 1.29 is 9.90 Å². The summed E-state index contributed by atoms with van der Waals surface area (Å²) in [6.45, 7) is 1.87. The fourth-order valence-electron chi connectivity index (χ4n) is 1.64. The standard InChI is InChI=1S/C13H13N3O2/c1-8-6-11(16-13(14-2)15-8)9-4-3-5-10(7-9)12(17)18/h3-7H,1-2H3,(H,17,18)(H,14,15,16). The monoisotopic (exact) mass is 243 g/mol. The van der Waals surface area contributed by atoms with Gasteiger partial charge in [0.2, 0.25) is 5.95 Å². The smallest absolute Gasteiger partial charge is 0.335 e. The first-order valence-corrected chi connectivity index (χ1v) is 5.47. The molecule has 0 fully saturated rings. The van der Waals surface area contributed by atoms with Crippen molar-refractivity contribution in [3.05, 3.63) is 41.6 Å². The minimum Gasteiger partial charge on any atom is -0.478 e. The van der Waals surface area contributed by atoms with Crippen LogP contribution in [-0.4, -0.2) is 28.1 Å². The molecule has 1 aromatic carbocycles. The van der Waals surface area contributed by atoms with E-state index in [4.69, 9.17) is 5.11 Å². The van der Waals surface area contributed by atoms with Gasteiger partial charge in [-0.15, -0.1) is 0 Å². The van der Waals surface area contributed by atoms with Gasteiger partial charge < -0.3 is 10.4 Å². The number of anilines is 1. The van der Waals surface area contributed by atoms with Crippen LogP contribution in [0.5, 0.6) is 0 Å². The third-order valence-electron chi connectivity index (χ3n) is 2.48. The molecule has 0 saturated heterocycles. The Morgan fingerprint density at radius 2 is 2.06 bits per heavy atom. The number of hydrogen-bond donors (Lipinski definition) is 2. The molecule has 18 heavy (non-hydrogen) atoms. The first kappa shape index (κ1) is 12.0. The number of nitrogens with one attached hydrogen (secondary N) is 1. The van der Waals surface area contributed by atoms with Gasteiger partial charge in [-0.05, 0) is 25.1 Å². The Morgan fingerprint density at radius 1 is 1.28 bits per heavy atom. The molecule has 0 bridgehead atoms. The van der Waals surface area contributed by atoms with Gasteiger partial charge in [0.1, 0.15) is 0 Å². The third-order valence-corrected chi connectivity index (χ3v) is 2.48. The second kappa shape index (κ2) is 4.83. The number of carboxylic acids is 1. The Morgan fingerprint density at radius 3 is 2.72 bits per heavy atom. The van der Waals surface area contributed by atoms with Crippen LogP contribution in [0.1, 0.15) is 16.1 Å². The van der Waals surface area contributed by atoms with Crippen LogP contribution < -0.4 is 5.32 Å². The van der Waals surface area contributed by atoms with E-state index in [9.17, 15) is 4.79 Å². The zero-order valence-corrected chi connectivity index (χ0v) is 10.1. The van der Waals surface area contributed by atoms with Crippen molar-refractivity contribution in [2.45, 2.75) is 6.92 Å². The Kier molecular flexibility index (Phi) is 3.23. The predicted octanol–water partition coefficient (Wildman–Crippen LogP) is 2.19. The van der Waals surface area contributed by atoms with Crippen molar-refractivity contribution in [2.75, 3.05) is 12.4 Å². The summed E-state index contributed by atoms with van der Waals surface area (Å²) in [6.07, 6.45) is 0. The van der Waals surface area contributed by atoms with Crippen LogP contribution in [0.25, 0.3) is 11.3 Å². The fourth-order valence-corrected chi connectivity index (χ4v) is 1.64. The van der Waals surface area contributed by atoms with E-state index in [2.05, 4.69) is 15.3 Å². The highest BCUT2D eigenvalue weighted by Gasteiger charge is 2.07. The maximum absolute atomic E-state index is 10.9. The number of hydrogen-bond acceptors (Lipinski definition) is 4. The lowest BCUT2D eigenvalue weighted by Gasteiger charge is -2.06. The molecule has 0 saturated carbocycles. The van der Waals surface area contributed by atoms with E-state index >= 15 is 0 Å². The number of aromatic carboxylic acids is 1. The van der Waals surface area contributed by atoms with Crippen molar-refractivity contribution in [1.82, 2.24) is 9.97 Å². The minimum absolute atomic E-state index is 0.245. The largest absolute Gasteiger partial charge is 0.478 e. The van der Waals surface area contributed by atoms with E-state index in [0.717, 1.165) is 11.3 Å². The maximum atomic E-state index is 10.9. The van der Waals surface area contributed by atoms with Gasteiger partial charge in [0.15, 0.2) is 0 Å². The summed E-state index contributed by atoms with van der Waals surface area (Å²) < 4.78 is 0. The number of nitrogens with zero attached hydrogens (tertiary/aromatic N) is 2. The van der Waals surface area contributed by atoms with Crippen LogP contribution in [0, 0.1) is 6.92 Å². The third kappa shape index (κ3) is 2.45. The van der Waals surface area contributed by atoms with Gasteiger partial charge in [-0.2, -0.15) is 0 Å². The second-order valence-electron chi connectivity index (χ2n) is 3.85. The Balaban J connectivity index is 2.51. The molecule has 2 aromatic rings. The lowest BCUT2D eigenvalue weighted by Crippen LogP contribution is -2.00. The first-order valence-electron chi connectivity index (χ1n) is 5.47. The zero-order chi connectivity index (χ0) is 13.1. The molecule has 0 atom stereocenters. The average Bonchev–Trinajstić information content (AvgIpc) is 2.38. The lowest BCUT2D eigenvalue weighted by molar-refractivity contribution is 0.0697. The molecular weight excluding hydrogens is 230 g/mol. The first-order chi connectivity index (χ1) is 8.60. The second-order valence-corrected chi connectivity index (χ2v) is 3.85. The Bertz CT molecular complexity index is 597. The van der Waals surface area contributed by atoms with Gasteiger partial charge in [-0.3, -0.25) is 0 Å². The zero-order valence-electron chi connectivity index (χ0n) is 10.1. The minimum atomic E-state index is -0.948. The summed E-state index contributed by atoms with van der Waals surface area (Å²) >= 11 is 0. The van der Waals surface area contributed by atoms with Crippen LogP contribution in [0.4, 0.5) is 5.95 Å². The predicted molar refractivity (Wildman–Crippen MR) is 68.7 cm³/mol. The summed E-state index contributed by atoms with van der Waals surface area (Å²) in [7, 11) is 1.74. The van der Waals surface area contributed by atoms with E-state index in [0.29, 0.717) is 11.6 Å². The van der Waals surface area contributed by atoms with Crippen molar-refractivity contribution >= 4 is 11.9 Å². The van der Waals surface area contributed by atoms with E-state index in [-0.39, 0.29) is 5.56 Å². The summed E-state index contributed by atoms with van der Waals surface area (Å²) in [5.41, 5.74) is 2.53. The molecule has 0 radical (unpaired) electrons. The van der Waals surface area contributed by atoms with Gasteiger partial charge >= 0.3 is 5.97 Å². The molecule has 2 N–H and O–H groups in total. The van der Waals surface area contributed by atoms with Gasteiger partial charge in [-0.25, -0.2) is 14.8 Å². The van der Waals surface area contributed by atoms with E-state index in [1.165, 1.54) is 0 Å². The Hall–Kier alpha value is -2.43. The molecule has 1 aromatic heterocycles. The summed E-state index contributed by atoms with van der Waals surface area (Å²) in [5, 5.41) is 11.8. The van der Waals surface area contributed by atoms with Crippen molar-refractivity contribution in [3.8, 4) is 11.3 Å². The van der Waals surface area contributed by atoms with E-state index < -0.39 is 5.97 Å². The molecule has 0 aliphatic rings. The summed E-state index contributed by atoms with van der Waals surface area (Å²) in [5.74, 6) is -0.429. The molecule has 0 unspecified atom stereocenters. The maximum Gasteiger partial charge on any atom is 0.335 e. The highest BCUT2D eigenvalue weighted by Crippen LogP contribution is 2.20. The molecule has 5 heteroatoms. The van der Waals surface area contributed by atoms with Crippen molar-refractivity contribution in [2.24, 2.45) is 0 Å². The number of benzene rings is 1. The average molecular weight is 243 g/mol. The fraction of sp³-hybridized carbons (Fsp3) is 0.154. The van der Waals surface area contributed by atoms with Crippen LogP contribution in [0.3, 0.4) is 0 Å². The van der Waals surface area contributed by atoms with Crippen LogP contribution in [-0.2, 0) is 0 Å². The van der Waals surface area contributed by atoms with Crippen LogP contribution in [0.15, 0.2) is 30.3 Å². The van der Waals surface area contributed by atoms with Crippen molar-refractivity contribution in [1.29, 1.82) is 0 Å². The molecule has 0 amide bonds. The molecule has 0 spiro atoms. The van der Waals surface area contributed by atoms with Gasteiger partial charge in [0.25, 0.3) is 0 Å². The lowest BCUT2D eigenvalue weighted by atomic mass is 10.1. The molecule has 5 nitrogen and oxygen atoms in total. The molecule has 0 aliphatic carbocycles. The topological polar surface area (TPSA) is 75.1 Å². The molecule has 2 rings (SSSR count). The normalized spacial score (nSPS) is 10.1. The quantitative estimate of drug-likeness (QED) is 0.864. The summed E-state index contributed by atoms with van der Waals surface area (Å²) in [6, 6.07) is 8.51. The number of aromatic nitrogens is 2.